The maximum Gasteiger partial charge on any atom is 0.130 e. The molecule has 1 saturated heterocycles. The Morgan fingerprint density at radius 2 is 2.39 bits per heavy atom. The Hall–Kier alpha value is -1.26. The van der Waals surface area contributed by atoms with Gasteiger partial charge in [0, 0.05) is 18.2 Å². The molecule has 1 aliphatic heterocycles. The van der Waals surface area contributed by atoms with Crippen molar-refractivity contribution in [2.45, 2.75) is 32.2 Å². The number of nitrogens with one attached hydrogen (secondary N) is 1. The molecule has 1 atom stereocenters. The van der Waals surface area contributed by atoms with Crippen molar-refractivity contribution >= 4 is 11.3 Å². The Kier molecular flexibility index (Phi) is 3.39. The lowest BCUT2D eigenvalue weighted by Crippen LogP contribution is -2.24. The van der Waals surface area contributed by atoms with Crippen molar-refractivity contribution in [2.24, 2.45) is 0 Å². The van der Waals surface area contributed by atoms with Crippen LogP contribution < -0.4 is 5.32 Å². The van der Waals surface area contributed by atoms with Crippen LogP contribution in [-0.2, 0) is 6.42 Å². The summed E-state index contributed by atoms with van der Waals surface area (Å²) in [6, 6.07) is 6.81. The molecule has 0 bridgehead atoms. The van der Waals surface area contributed by atoms with Gasteiger partial charge in [-0.15, -0.1) is 11.3 Å². The van der Waals surface area contributed by atoms with Crippen LogP contribution in [0.15, 0.2) is 23.6 Å². The minimum Gasteiger partial charge on any atom is -0.314 e. The predicted molar refractivity (Wildman–Crippen MR) is 74.8 cm³/mol. The lowest BCUT2D eigenvalue weighted by molar-refractivity contribution is 0.584. The van der Waals surface area contributed by atoms with Crippen LogP contribution >= 0.6 is 11.3 Å². The van der Waals surface area contributed by atoms with Crippen LogP contribution in [0, 0.1) is 6.92 Å². The van der Waals surface area contributed by atoms with E-state index in [4.69, 9.17) is 4.98 Å². The average molecular weight is 259 g/mol. The van der Waals surface area contributed by atoms with Gasteiger partial charge >= 0.3 is 0 Å². The number of aromatic nitrogens is 2. The third-order valence-electron chi connectivity index (χ3n) is 3.27. The van der Waals surface area contributed by atoms with Gasteiger partial charge in [-0.05, 0) is 43.8 Å². The fourth-order valence-electron chi connectivity index (χ4n) is 2.42. The van der Waals surface area contributed by atoms with Crippen molar-refractivity contribution in [2.75, 3.05) is 6.54 Å². The van der Waals surface area contributed by atoms with Gasteiger partial charge in [0.25, 0.3) is 0 Å². The van der Waals surface area contributed by atoms with E-state index in [1.807, 2.05) is 6.92 Å². The molecule has 1 aliphatic rings. The van der Waals surface area contributed by atoms with Gasteiger partial charge in [0.15, 0.2) is 0 Å². The average Bonchev–Trinajstić information content (AvgIpc) is 3.00. The van der Waals surface area contributed by atoms with Crippen LogP contribution in [0.3, 0.4) is 0 Å². The molecule has 0 aromatic carbocycles. The first kappa shape index (κ1) is 11.8. The molecule has 3 rings (SSSR count). The molecule has 0 radical (unpaired) electrons. The second kappa shape index (κ2) is 5.16. The largest absolute Gasteiger partial charge is 0.314 e. The van der Waals surface area contributed by atoms with Crippen LogP contribution in [0.2, 0.25) is 0 Å². The number of thiophene rings is 1. The van der Waals surface area contributed by atoms with Crippen LogP contribution in [0.4, 0.5) is 0 Å². The molecule has 18 heavy (non-hydrogen) atoms. The summed E-state index contributed by atoms with van der Waals surface area (Å²) >= 11 is 1.73. The summed E-state index contributed by atoms with van der Waals surface area (Å²) in [5, 5.41) is 5.59. The van der Waals surface area contributed by atoms with Gasteiger partial charge in [-0.2, -0.15) is 0 Å². The highest BCUT2D eigenvalue weighted by atomic mass is 32.1. The van der Waals surface area contributed by atoms with Gasteiger partial charge in [-0.1, -0.05) is 6.07 Å². The monoisotopic (exact) mass is 259 g/mol. The van der Waals surface area contributed by atoms with Crippen molar-refractivity contribution in [3.8, 4) is 10.6 Å². The van der Waals surface area contributed by atoms with Crippen molar-refractivity contribution in [1.29, 1.82) is 0 Å². The van der Waals surface area contributed by atoms with E-state index in [2.05, 4.69) is 33.9 Å². The standard InChI is InChI=1S/C14H17N3S/c1-10-8-12(13-5-3-7-18-13)17-14(16-10)9-11-4-2-6-15-11/h3,5,7-8,11,15H,2,4,6,9H2,1H3. The summed E-state index contributed by atoms with van der Waals surface area (Å²) in [7, 11) is 0. The number of rotatable bonds is 3. The summed E-state index contributed by atoms with van der Waals surface area (Å²) in [6.45, 7) is 3.18. The molecule has 2 aromatic rings. The smallest absolute Gasteiger partial charge is 0.130 e. The summed E-state index contributed by atoms with van der Waals surface area (Å²) in [6.07, 6.45) is 3.46. The van der Waals surface area contributed by atoms with E-state index in [9.17, 15) is 0 Å². The van der Waals surface area contributed by atoms with E-state index in [0.29, 0.717) is 6.04 Å². The van der Waals surface area contributed by atoms with E-state index in [0.717, 1.165) is 30.2 Å². The normalized spacial score (nSPS) is 19.3. The summed E-state index contributed by atoms with van der Waals surface area (Å²) in [5.74, 6) is 0.970. The van der Waals surface area contributed by atoms with Gasteiger partial charge in [0.05, 0.1) is 10.6 Å². The Labute approximate surface area is 111 Å². The molecule has 1 unspecified atom stereocenters. The Morgan fingerprint density at radius 3 is 3.11 bits per heavy atom. The zero-order valence-electron chi connectivity index (χ0n) is 10.5. The van der Waals surface area contributed by atoms with E-state index in [1.165, 1.54) is 17.7 Å². The van der Waals surface area contributed by atoms with Crippen molar-refractivity contribution in [3.05, 3.63) is 35.1 Å². The Balaban J connectivity index is 1.86. The highest BCUT2D eigenvalue weighted by Gasteiger charge is 2.16. The highest BCUT2D eigenvalue weighted by molar-refractivity contribution is 7.13. The van der Waals surface area contributed by atoms with Gasteiger partial charge in [-0.3, -0.25) is 0 Å². The first-order chi connectivity index (χ1) is 8.81. The minimum absolute atomic E-state index is 0.558. The van der Waals surface area contributed by atoms with E-state index >= 15 is 0 Å². The van der Waals surface area contributed by atoms with Crippen molar-refractivity contribution in [1.82, 2.24) is 15.3 Å². The summed E-state index contributed by atoms with van der Waals surface area (Å²) < 4.78 is 0. The molecular weight excluding hydrogens is 242 g/mol. The maximum atomic E-state index is 4.70. The third-order valence-corrected chi connectivity index (χ3v) is 4.16. The number of hydrogen-bond donors (Lipinski definition) is 1. The molecule has 3 heterocycles. The topological polar surface area (TPSA) is 37.8 Å². The quantitative estimate of drug-likeness (QED) is 0.921. The molecular formula is C14H17N3S. The first-order valence-corrected chi connectivity index (χ1v) is 7.31. The molecule has 0 spiro atoms. The van der Waals surface area contributed by atoms with Crippen LogP contribution in [0.25, 0.3) is 10.6 Å². The molecule has 0 saturated carbocycles. The van der Waals surface area contributed by atoms with Gasteiger partial charge in [0.1, 0.15) is 5.82 Å². The van der Waals surface area contributed by atoms with Gasteiger partial charge in [-0.25, -0.2) is 9.97 Å². The summed E-state index contributed by atoms with van der Waals surface area (Å²) in [5.41, 5.74) is 2.12. The zero-order valence-corrected chi connectivity index (χ0v) is 11.3. The molecule has 0 aliphatic carbocycles. The molecule has 94 valence electrons. The SMILES string of the molecule is Cc1cc(-c2cccs2)nc(CC2CCCN2)n1. The predicted octanol–water partition coefficient (Wildman–Crippen LogP) is 2.81. The second-order valence-corrected chi connectivity index (χ2v) is 5.73. The van der Waals surface area contributed by atoms with Crippen LogP contribution in [-0.4, -0.2) is 22.6 Å². The number of hydrogen-bond acceptors (Lipinski definition) is 4. The van der Waals surface area contributed by atoms with Gasteiger partial charge < -0.3 is 5.32 Å². The minimum atomic E-state index is 0.558. The second-order valence-electron chi connectivity index (χ2n) is 4.79. The molecule has 1 N–H and O–H groups in total. The molecule has 4 heteroatoms. The van der Waals surface area contributed by atoms with Crippen molar-refractivity contribution < 1.29 is 0 Å². The maximum absolute atomic E-state index is 4.70. The van der Waals surface area contributed by atoms with Crippen molar-refractivity contribution in [3.63, 3.8) is 0 Å². The van der Waals surface area contributed by atoms with E-state index in [-0.39, 0.29) is 0 Å². The third kappa shape index (κ3) is 2.60. The fourth-order valence-corrected chi connectivity index (χ4v) is 3.11. The molecule has 3 nitrogen and oxygen atoms in total. The Bertz CT molecular complexity index is 516. The highest BCUT2D eigenvalue weighted by Crippen LogP contribution is 2.23. The van der Waals surface area contributed by atoms with E-state index < -0.39 is 0 Å². The number of aryl methyl sites for hydroxylation is 1. The molecule has 0 amide bonds. The lowest BCUT2D eigenvalue weighted by Gasteiger charge is -2.10. The number of nitrogens with zero attached hydrogens (tertiary/aromatic N) is 2. The van der Waals surface area contributed by atoms with E-state index in [1.54, 1.807) is 11.3 Å². The Morgan fingerprint density at radius 1 is 1.44 bits per heavy atom. The zero-order chi connectivity index (χ0) is 12.4. The van der Waals surface area contributed by atoms with Crippen LogP contribution in [0.1, 0.15) is 24.4 Å². The van der Waals surface area contributed by atoms with Gasteiger partial charge in [0.2, 0.25) is 0 Å². The van der Waals surface area contributed by atoms with Crippen LogP contribution in [0.5, 0.6) is 0 Å². The lowest BCUT2D eigenvalue weighted by atomic mass is 10.1. The molecule has 2 aromatic heterocycles. The summed E-state index contributed by atoms with van der Waals surface area (Å²) in [4.78, 5) is 10.5. The molecule has 1 fully saturated rings. The fraction of sp³-hybridized carbons (Fsp3) is 0.429. The first-order valence-electron chi connectivity index (χ1n) is 6.43.